The number of benzene rings is 1. The molecular formula is C15H20FNO2. The SMILES string of the molecule is CC(C)(C(=O)Cc1cccc(F)c1)N1CCOCC1. The maximum Gasteiger partial charge on any atom is 0.156 e. The van der Waals surface area contributed by atoms with Gasteiger partial charge in [0.05, 0.1) is 18.8 Å². The van der Waals surface area contributed by atoms with Crippen LogP contribution in [0.4, 0.5) is 4.39 Å². The number of nitrogens with zero attached hydrogens (tertiary/aromatic N) is 1. The Morgan fingerprint density at radius 1 is 1.37 bits per heavy atom. The highest BCUT2D eigenvalue weighted by molar-refractivity contribution is 5.89. The normalized spacial score (nSPS) is 17.4. The number of morpholine rings is 1. The van der Waals surface area contributed by atoms with Crippen LogP contribution in [0.2, 0.25) is 0 Å². The minimum Gasteiger partial charge on any atom is -0.379 e. The van der Waals surface area contributed by atoms with Crippen molar-refractivity contribution in [1.82, 2.24) is 4.90 Å². The lowest BCUT2D eigenvalue weighted by atomic mass is 9.91. The second-order valence-corrected chi connectivity index (χ2v) is 5.39. The molecule has 0 bridgehead atoms. The molecule has 0 N–H and O–H groups in total. The highest BCUT2D eigenvalue weighted by atomic mass is 19.1. The van der Waals surface area contributed by atoms with E-state index in [9.17, 15) is 9.18 Å². The number of rotatable bonds is 4. The fraction of sp³-hybridized carbons (Fsp3) is 0.533. The molecule has 2 rings (SSSR count). The molecule has 4 heteroatoms. The maximum absolute atomic E-state index is 13.1. The van der Waals surface area contributed by atoms with E-state index in [4.69, 9.17) is 4.74 Å². The Bertz CT molecular complexity index is 453. The van der Waals surface area contributed by atoms with E-state index in [0.29, 0.717) is 13.2 Å². The average Bonchev–Trinajstić information content (AvgIpc) is 2.39. The fourth-order valence-corrected chi connectivity index (χ4v) is 2.35. The smallest absolute Gasteiger partial charge is 0.156 e. The molecule has 1 aliphatic rings. The first-order valence-electron chi connectivity index (χ1n) is 6.60. The van der Waals surface area contributed by atoms with E-state index in [1.807, 2.05) is 13.8 Å². The Balaban J connectivity index is 2.05. The average molecular weight is 265 g/mol. The molecular weight excluding hydrogens is 245 g/mol. The van der Waals surface area contributed by atoms with Gasteiger partial charge < -0.3 is 4.74 Å². The van der Waals surface area contributed by atoms with Crippen molar-refractivity contribution in [1.29, 1.82) is 0 Å². The fourth-order valence-electron chi connectivity index (χ4n) is 2.35. The van der Waals surface area contributed by atoms with Crippen LogP contribution in [-0.4, -0.2) is 42.5 Å². The molecule has 0 aromatic heterocycles. The van der Waals surface area contributed by atoms with Crippen LogP contribution < -0.4 is 0 Å². The van der Waals surface area contributed by atoms with Gasteiger partial charge >= 0.3 is 0 Å². The largest absolute Gasteiger partial charge is 0.379 e. The molecule has 1 aliphatic heterocycles. The molecule has 0 aliphatic carbocycles. The van der Waals surface area contributed by atoms with Crippen molar-refractivity contribution in [3.8, 4) is 0 Å². The zero-order valence-corrected chi connectivity index (χ0v) is 11.5. The molecule has 0 spiro atoms. The molecule has 19 heavy (non-hydrogen) atoms. The first-order chi connectivity index (χ1) is 9.00. The van der Waals surface area contributed by atoms with Crippen LogP contribution in [0.5, 0.6) is 0 Å². The first-order valence-corrected chi connectivity index (χ1v) is 6.60. The third-order valence-corrected chi connectivity index (χ3v) is 3.74. The van der Waals surface area contributed by atoms with Crippen molar-refractivity contribution in [2.24, 2.45) is 0 Å². The van der Waals surface area contributed by atoms with E-state index in [1.165, 1.54) is 12.1 Å². The molecule has 1 aromatic rings. The number of ketones is 1. The van der Waals surface area contributed by atoms with Gasteiger partial charge in [-0.05, 0) is 31.5 Å². The predicted octanol–water partition coefficient (Wildman–Crippen LogP) is 2.05. The van der Waals surface area contributed by atoms with Crippen LogP contribution in [0, 0.1) is 5.82 Å². The Morgan fingerprint density at radius 2 is 2.05 bits per heavy atom. The van der Waals surface area contributed by atoms with Crippen LogP contribution in [0.15, 0.2) is 24.3 Å². The van der Waals surface area contributed by atoms with Crippen molar-refractivity contribution < 1.29 is 13.9 Å². The summed E-state index contributed by atoms with van der Waals surface area (Å²) in [5.74, 6) is -0.186. The van der Waals surface area contributed by atoms with Gasteiger partial charge in [0.1, 0.15) is 5.82 Å². The minimum atomic E-state index is -0.532. The number of carbonyl (C=O) groups is 1. The Labute approximate surface area is 113 Å². The van der Waals surface area contributed by atoms with E-state index in [2.05, 4.69) is 4.90 Å². The van der Waals surface area contributed by atoms with E-state index in [1.54, 1.807) is 12.1 Å². The highest BCUT2D eigenvalue weighted by Gasteiger charge is 2.34. The van der Waals surface area contributed by atoms with Crippen molar-refractivity contribution in [3.63, 3.8) is 0 Å². The summed E-state index contributed by atoms with van der Waals surface area (Å²) >= 11 is 0. The standard InChI is InChI=1S/C15H20FNO2/c1-15(2,17-6-8-19-9-7-17)14(18)11-12-4-3-5-13(16)10-12/h3-5,10H,6-9,11H2,1-2H3. The Hall–Kier alpha value is -1.26. The van der Waals surface area contributed by atoms with Gasteiger partial charge in [-0.15, -0.1) is 0 Å². The molecule has 0 unspecified atom stereocenters. The molecule has 0 amide bonds. The molecule has 1 heterocycles. The van der Waals surface area contributed by atoms with Crippen LogP contribution in [0.25, 0.3) is 0 Å². The van der Waals surface area contributed by atoms with E-state index >= 15 is 0 Å². The predicted molar refractivity (Wildman–Crippen MR) is 71.6 cm³/mol. The van der Waals surface area contributed by atoms with Gasteiger partial charge in [0.15, 0.2) is 5.78 Å². The summed E-state index contributed by atoms with van der Waals surface area (Å²) in [5.41, 5.74) is 0.196. The third-order valence-electron chi connectivity index (χ3n) is 3.74. The van der Waals surface area contributed by atoms with E-state index in [0.717, 1.165) is 18.7 Å². The summed E-state index contributed by atoms with van der Waals surface area (Å²) in [6, 6.07) is 6.24. The quantitative estimate of drug-likeness (QED) is 0.834. The zero-order chi connectivity index (χ0) is 13.9. The number of carbonyl (C=O) groups excluding carboxylic acids is 1. The lowest BCUT2D eigenvalue weighted by Gasteiger charge is -2.39. The number of hydrogen-bond donors (Lipinski definition) is 0. The van der Waals surface area contributed by atoms with Crippen molar-refractivity contribution in [3.05, 3.63) is 35.6 Å². The first kappa shape index (κ1) is 14.2. The van der Waals surface area contributed by atoms with Crippen LogP contribution in [-0.2, 0) is 16.0 Å². The lowest BCUT2D eigenvalue weighted by Crippen LogP contribution is -2.54. The highest BCUT2D eigenvalue weighted by Crippen LogP contribution is 2.20. The number of hydrogen-bond acceptors (Lipinski definition) is 3. The van der Waals surface area contributed by atoms with Gasteiger partial charge in [-0.2, -0.15) is 0 Å². The van der Waals surface area contributed by atoms with Crippen LogP contribution in [0.3, 0.4) is 0 Å². The molecule has 0 atom stereocenters. The van der Waals surface area contributed by atoms with Crippen LogP contribution in [0.1, 0.15) is 19.4 Å². The lowest BCUT2D eigenvalue weighted by molar-refractivity contribution is -0.131. The van der Waals surface area contributed by atoms with Gasteiger partial charge in [-0.3, -0.25) is 9.69 Å². The van der Waals surface area contributed by atoms with Gasteiger partial charge in [0, 0.05) is 19.5 Å². The summed E-state index contributed by atoms with van der Waals surface area (Å²) < 4.78 is 18.4. The monoisotopic (exact) mass is 265 g/mol. The summed E-state index contributed by atoms with van der Waals surface area (Å²) in [5, 5.41) is 0. The summed E-state index contributed by atoms with van der Waals surface area (Å²) in [4.78, 5) is 14.6. The van der Waals surface area contributed by atoms with Gasteiger partial charge in [-0.1, -0.05) is 12.1 Å². The van der Waals surface area contributed by atoms with E-state index in [-0.39, 0.29) is 18.0 Å². The second-order valence-electron chi connectivity index (χ2n) is 5.39. The van der Waals surface area contributed by atoms with Gasteiger partial charge in [-0.25, -0.2) is 4.39 Å². The van der Waals surface area contributed by atoms with Crippen molar-refractivity contribution >= 4 is 5.78 Å². The van der Waals surface area contributed by atoms with Gasteiger partial charge in [0.2, 0.25) is 0 Å². The topological polar surface area (TPSA) is 29.5 Å². The number of ether oxygens (including phenoxy) is 1. The summed E-state index contributed by atoms with van der Waals surface area (Å²) in [6.07, 6.45) is 0.266. The molecule has 0 saturated carbocycles. The van der Waals surface area contributed by atoms with E-state index < -0.39 is 5.54 Å². The number of Topliss-reactive ketones (excluding diaryl/α,β-unsaturated/α-hetero) is 1. The molecule has 0 radical (unpaired) electrons. The maximum atomic E-state index is 13.1. The molecule has 1 saturated heterocycles. The Kier molecular flexibility index (Phi) is 4.32. The summed E-state index contributed by atoms with van der Waals surface area (Å²) in [6.45, 7) is 6.72. The zero-order valence-electron chi connectivity index (χ0n) is 11.5. The molecule has 1 fully saturated rings. The molecule has 1 aromatic carbocycles. The second kappa shape index (κ2) is 5.80. The van der Waals surface area contributed by atoms with Crippen molar-refractivity contribution in [2.75, 3.05) is 26.3 Å². The number of halogens is 1. The van der Waals surface area contributed by atoms with Crippen molar-refractivity contribution in [2.45, 2.75) is 25.8 Å². The minimum absolute atomic E-state index is 0.111. The third kappa shape index (κ3) is 3.39. The summed E-state index contributed by atoms with van der Waals surface area (Å²) in [7, 11) is 0. The molecule has 3 nitrogen and oxygen atoms in total. The van der Waals surface area contributed by atoms with Gasteiger partial charge in [0.25, 0.3) is 0 Å². The Morgan fingerprint density at radius 3 is 2.68 bits per heavy atom. The van der Waals surface area contributed by atoms with Crippen LogP contribution >= 0.6 is 0 Å². The molecule has 104 valence electrons.